The molecule has 0 bridgehead atoms. The molecule has 2 aromatic carbocycles. The highest BCUT2D eigenvalue weighted by Crippen LogP contribution is 2.34. The van der Waals surface area contributed by atoms with Gasteiger partial charge in [0, 0.05) is 23.7 Å². The molecule has 0 radical (unpaired) electrons. The number of benzene rings is 2. The molecule has 0 aliphatic carbocycles. The number of rotatable bonds is 6. The number of aromatic nitrogens is 4. The van der Waals surface area contributed by atoms with Crippen LogP contribution in [0.5, 0.6) is 0 Å². The molecule has 5 rings (SSSR count). The van der Waals surface area contributed by atoms with E-state index < -0.39 is 0 Å². The van der Waals surface area contributed by atoms with Gasteiger partial charge >= 0.3 is 0 Å². The summed E-state index contributed by atoms with van der Waals surface area (Å²) in [5, 5.41) is 9.92. The zero-order chi connectivity index (χ0) is 22.1. The van der Waals surface area contributed by atoms with Crippen LogP contribution in [-0.4, -0.2) is 50.8 Å². The molecule has 2 aromatic heterocycles. The molecule has 9 heteroatoms. The van der Waals surface area contributed by atoms with E-state index in [4.69, 9.17) is 33.9 Å². The minimum absolute atomic E-state index is 0.432. The van der Waals surface area contributed by atoms with Crippen LogP contribution >= 0.6 is 23.2 Å². The summed E-state index contributed by atoms with van der Waals surface area (Å²) in [6.45, 7) is 4.01. The number of hydrogen-bond donors (Lipinski definition) is 2. The second-order valence-corrected chi connectivity index (χ2v) is 8.67. The molecule has 3 N–H and O–H groups in total. The number of likely N-dealkylation sites (tertiary alicyclic amines) is 1. The van der Waals surface area contributed by atoms with E-state index >= 15 is 0 Å². The van der Waals surface area contributed by atoms with Gasteiger partial charge in [-0.3, -0.25) is 0 Å². The Labute approximate surface area is 196 Å². The average molecular weight is 468 g/mol. The van der Waals surface area contributed by atoms with Crippen molar-refractivity contribution in [2.75, 3.05) is 37.2 Å². The number of fused-ring (bicyclic) bond motifs is 1. The number of nitrogens with two attached hydrogens (primary N) is 1. The highest BCUT2D eigenvalue weighted by Gasteiger charge is 2.20. The van der Waals surface area contributed by atoms with Crippen LogP contribution in [0.2, 0.25) is 10.0 Å². The summed E-state index contributed by atoms with van der Waals surface area (Å²) in [6.07, 6.45) is 2.53. The van der Waals surface area contributed by atoms with Gasteiger partial charge in [-0.15, -0.1) is 5.10 Å². The zero-order valence-corrected chi connectivity index (χ0v) is 18.9. The Morgan fingerprint density at radius 2 is 1.72 bits per heavy atom. The Balaban J connectivity index is 1.58. The molecule has 1 aliphatic rings. The Hall–Kier alpha value is -2.87. The monoisotopic (exact) mass is 467 g/mol. The summed E-state index contributed by atoms with van der Waals surface area (Å²) in [5.74, 6) is 0.951. The fraction of sp³-hybridized carbons (Fsp3) is 0.261. The van der Waals surface area contributed by atoms with E-state index in [1.165, 1.54) is 12.8 Å². The van der Waals surface area contributed by atoms with Crippen molar-refractivity contribution in [2.45, 2.75) is 12.8 Å². The van der Waals surface area contributed by atoms with Gasteiger partial charge in [-0.2, -0.15) is 4.98 Å². The van der Waals surface area contributed by atoms with Crippen molar-refractivity contribution in [2.24, 2.45) is 0 Å². The predicted molar refractivity (Wildman–Crippen MR) is 131 cm³/mol. The van der Waals surface area contributed by atoms with Gasteiger partial charge in [0.05, 0.1) is 21.8 Å². The maximum Gasteiger partial charge on any atom is 0.225 e. The quantitative estimate of drug-likeness (QED) is 0.420. The topological polar surface area (TPSA) is 84.9 Å². The van der Waals surface area contributed by atoms with Gasteiger partial charge in [0.2, 0.25) is 5.95 Å². The average Bonchev–Trinajstić information content (AvgIpc) is 3.42. The number of nitrogen functional groups attached to an aromatic ring is 1. The Morgan fingerprint density at radius 1 is 0.969 bits per heavy atom. The van der Waals surface area contributed by atoms with Crippen molar-refractivity contribution in [1.29, 1.82) is 0 Å². The van der Waals surface area contributed by atoms with Crippen LogP contribution in [0.25, 0.3) is 28.0 Å². The van der Waals surface area contributed by atoms with E-state index in [1.807, 2.05) is 42.5 Å². The number of hydrogen-bond acceptors (Lipinski definition) is 6. The van der Waals surface area contributed by atoms with Crippen LogP contribution in [0.3, 0.4) is 0 Å². The summed E-state index contributed by atoms with van der Waals surface area (Å²) in [7, 11) is 0. The van der Waals surface area contributed by atoms with Crippen molar-refractivity contribution in [1.82, 2.24) is 24.6 Å². The molecule has 0 saturated carbocycles. The third kappa shape index (κ3) is 4.11. The molecule has 0 spiro atoms. The maximum atomic E-state index is 6.55. The van der Waals surface area contributed by atoms with Gasteiger partial charge in [-0.25, -0.2) is 9.67 Å². The molecule has 3 heterocycles. The fourth-order valence-electron chi connectivity index (χ4n) is 4.05. The molecule has 32 heavy (non-hydrogen) atoms. The number of nitrogens with zero attached hydrogens (tertiary/aromatic N) is 5. The lowest BCUT2D eigenvalue weighted by Gasteiger charge is -2.15. The molecule has 0 amide bonds. The summed E-state index contributed by atoms with van der Waals surface area (Å²) < 4.78 is 1.62. The van der Waals surface area contributed by atoms with E-state index in [-0.39, 0.29) is 0 Å². The van der Waals surface area contributed by atoms with Crippen molar-refractivity contribution < 1.29 is 0 Å². The summed E-state index contributed by atoms with van der Waals surface area (Å²) >= 11 is 12.5. The number of halogens is 2. The number of nitrogens with one attached hydrogen (secondary N) is 1. The minimum Gasteiger partial charge on any atom is -0.383 e. The van der Waals surface area contributed by atoms with Crippen molar-refractivity contribution in [3.05, 3.63) is 58.6 Å². The second kappa shape index (κ2) is 8.94. The maximum absolute atomic E-state index is 6.55. The first-order valence-electron chi connectivity index (χ1n) is 10.6. The van der Waals surface area contributed by atoms with Crippen LogP contribution < -0.4 is 11.1 Å². The van der Waals surface area contributed by atoms with Crippen LogP contribution in [0.4, 0.5) is 11.8 Å². The molecule has 1 aliphatic heterocycles. The first-order chi connectivity index (χ1) is 15.6. The van der Waals surface area contributed by atoms with Gasteiger partial charge in [0.25, 0.3) is 0 Å². The van der Waals surface area contributed by atoms with Gasteiger partial charge in [-0.1, -0.05) is 47.5 Å². The third-order valence-corrected chi connectivity index (χ3v) is 6.25. The second-order valence-electron chi connectivity index (χ2n) is 7.83. The molecule has 164 valence electrons. The first-order valence-corrected chi connectivity index (χ1v) is 11.4. The SMILES string of the molecule is Nc1c2c(-c3ccc(Cl)cc3)nc(NCCN3CCCC3)nc2nn1-c1ccccc1Cl. The normalized spacial score (nSPS) is 14.3. The third-order valence-electron chi connectivity index (χ3n) is 5.68. The largest absolute Gasteiger partial charge is 0.383 e. The van der Waals surface area contributed by atoms with E-state index in [0.29, 0.717) is 44.2 Å². The molecule has 4 aromatic rings. The van der Waals surface area contributed by atoms with Crippen molar-refractivity contribution in [3.8, 4) is 16.9 Å². The van der Waals surface area contributed by atoms with Crippen LogP contribution in [0.15, 0.2) is 48.5 Å². The standard InChI is InChI=1S/C23H23Cl2N7/c24-16-9-7-15(8-10-16)20-19-21(26)32(18-6-2-1-5-17(18)25)30-22(19)29-23(28-20)27-11-14-31-12-3-4-13-31/h1-2,5-10H,3-4,11-14,26H2,(H,27,29,30). The van der Waals surface area contributed by atoms with Crippen LogP contribution in [-0.2, 0) is 0 Å². The molecule has 0 atom stereocenters. The smallest absolute Gasteiger partial charge is 0.225 e. The summed E-state index contributed by atoms with van der Waals surface area (Å²) in [5.41, 5.74) is 9.33. The van der Waals surface area contributed by atoms with E-state index in [2.05, 4.69) is 20.3 Å². The van der Waals surface area contributed by atoms with E-state index in [9.17, 15) is 0 Å². The van der Waals surface area contributed by atoms with Crippen LogP contribution in [0, 0.1) is 0 Å². The van der Waals surface area contributed by atoms with Crippen molar-refractivity contribution in [3.63, 3.8) is 0 Å². The first kappa shape index (κ1) is 21.0. The van der Waals surface area contributed by atoms with Gasteiger partial charge < -0.3 is 16.0 Å². The summed E-state index contributed by atoms with van der Waals surface area (Å²) in [4.78, 5) is 11.9. The molecular weight excluding hydrogens is 445 g/mol. The Bertz CT molecular complexity index is 1250. The highest BCUT2D eigenvalue weighted by molar-refractivity contribution is 6.32. The van der Waals surface area contributed by atoms with Crippen LogP contribution in [0.1, 0.15) is 12.8 Å². The zero-order valence-electron chi connectivity index (χ0n) is 17.4. The predicted octanol–water partition coefficient (Wildman–Crippen LogP) is 4.88. The van der Waals surface area contributed by atoms with Gasteiger partial charge in [0.15, 0.2) is 5.65 Å². The highest BCUT2D eigenvalue weighted by atomic mass is 35.5. The lowest BCUT2D eigenvalue weighted by atomic mass is 10.1. The molecule has 7 nitrogen and oxygen atoms in total. The number of anilines is 2. The summed E-state index contributed by atoms with van der Waals surface area (Å²) in [6, 6.07) is 14.9. The van der Waals surface area contributed by atoms with E-state index in [1.54, 1.807) is 10.7 Å². The van der Waals surface area contributed by atoms with Gasteiger partial charge in [0.1, 0.15) is 5.82 Å². The minimum atomic E-state index is 0.432. The van der Waals surface area contributed by atoms with Gasteiger partial charge in [-0.05, 0) is 50.2 Å². The molecule has 0 unspecified atom stereocenters. The lowest BCUT2D eigenvalue weighted by Crippen LogP contribution is -2.26. The Morgan fingerprint density at radius 3 is 2.47 bits per heavy atom. The molecule has 1 saturated heterocycles. The Kier molecular flexibility index (Phi) is 5.87. The van der Waals surface area contributed by atoms with E-state index in [0.717, 1.165) is 31.7 Å². The van der Waals surface area contributed by atoms with Crippen molar-refractivity contribution >= 4 is 46.0 Å². The molecular formula is C23H23Cl2N7. The lowest BCUT2D eigenvalue weighted by molar-refractivity contribution is 0.352. The molecule has 1 fully saturated rings. The number of para-hydroxylation sites is 1. The fourth-order valence-corrected chi connectivity index (χ4v) is 4.39.